The lowest BCUT2D eigenvalue weighted by Crippen LogP contribution is -2.30. The molecule has 1 aliphatic rings. The molecule has 1 saturated carbocycles. The fraction of sp³-hybridized carbons (Fsp3) is 0.300. The van der Waals surface area contributed by atoms with Crippen molar-refractivity contribution in [2.75, 3.05) is 5.32 Å². The van der Waals surface area contributed by atoms with Crippen LogP contribution in [-0.4, -0.2) is 28.1 Å². The topological polar surface area (TPSA) is 94.3 Å². The van der Waals surface area contributed by atoms with Gasteiger partial charge in [0.1, 0.15) is 0 Å². The van der Waals surface area contributed by atoms with Crippen LogP contribution in [0.3, 0.4) is 0 Å². The second-order valence-corrected chi connectivity index (χ2v) is 7.78. The molecule has 0 aliphatic heterocycles. The van der Waals surface area contributed by atoms with Gasteiger partial charge in [0.05, 0.1) is 16.6 Å². The van der Waals surface area contributed by atoms with Crippen molar-refractivity contribution in [3.8, 4) is 0 Å². The van der Waals surface area contributed by atoms with E-state index in [1.54, 1.807) is 25.1 Å². The van der Waals surface area contributed by atoms with Gasteiger partial charge in [-0.05, 0) is 57.0 Å². The van der Waals surface area contributed by atoms with E-state index in [1.807, 2.05) is 12.1 Å². The molecular weight excluding hydrogens is 426 g/mol. The van der Waals surface area contributed by atoms with Gasteiger partial charge < -0.3 is 14.6 Å². The predicted molar refractivity (Wildman–Crippen MR) is 106 cm³/mol. The molecule has 1 aromatic carbocycles. The van der Waals surface area contributed by atoms with Crippen molar-refractivity contribution in [2.45, 2.75) is 38.7 Å². The zero-order chi connectivity index (χ0) is 19.8. The first-order valence-electron chi connectivity index (χ1n) is 8.96. The van der Waals surface area contributed by atoms with Crippen LogP contribution in [0.25, 0.3) is 11.1 Å². The Bertz CT molecular complexity index is 1060. The number of esters is 1. The van der Waals surface area contributed by atoms with E-state index in [-0.39, 0.29) is 0 Å². The van der Waals surface area contributed by atoms with E-state index in [4.69, 9.17) is 9.26 Å². The molecule has 1 atom stereocenters. The van der Waals surface area contributed by atoms with Crippen LogP contribution in [0.2, 0.25) is 0 Å². The van der Waals surface area contributed by atoms with Crippen LogP contribution < -0.4 is 5.32 Å². The largest absolute Gasteiger partial charge is 0.449 e. The average Bonchev–Trinajstić information content (AvgIpc) is 3.46. The molecule has 1 aliphatic carbocycles. The smallest absolute Gasteiger partial charge is 0.339 e. The number of aromatic nitrogens is 2. The highest BCUT2D eigenvalue weighted by Crippen LogP contribution is 2.40. The van der Waals surface area contributed by atoms with E-state index in [0.29, 0.717) is 34.0 Å². The van der Waals surface area contributed by atoms with Gasteiger partial charge in [-0.2, -0.15) is 0 Å². The zero-order valence-corrected chi connectivity index (χ0v) is 16.9. The normalized spacial score (nSPS) is 14.7. The monoisotopic (exact) mass is 443 g/mol. The van der Waals surface area contributed by atoms with Crippen molar-refractivity contribution < 1.29 is 18.8 Å². The summed E-state index contributed by atoms with van der Waals surface area (Å²) in [5, 5.41) is 7.16. The van der Waals surface area contributed by atoms with Gasteiger partial charge in [0.15, 0.2) is 6.10 Å². The highest BCUT2D eigenvalue weighted by molar-refractivity contribution is 9.10. The van der Waals surface area contributed by atoms with Crippen LogP contribution in [-0.2, 0) is 9.53 Å². The number of carbonyl (C=O) groups is 2. The molecule has 1 fully saturated rings. The summed E-state index contributed by atoms with van der Waals surface area (Å²) in [5.74, 6) is -0.677. The molecule has 28 heavy (non-hydrogen) atoms. The van der Waals surface area contributed by atoms with Gasteiger partial charge in [0.25, 0.3) is 11.6 Å². The second-order valence-electron chi connectivity index (χ2n) is 6.86. The molecule has 0 radical (unpaired) electrons. The van der Waals surface area contributed by atoms with Crippen molar-refractivity contribution >= 4 is 44.6 Å². The summed E-state index contributed by atoms with van der Waals surface area (Å²) in [5.41, 5.74) is 2.62. The first kappa shape index (κ1) is 18.6. The number of hydrogen-bond donors (Lipinski definition) is 1. The van der Waals surface area contributed by atoms with Crippen LogP contribution >= 0.6 is 15.9 Å². The Kier molecular flexibility index (Phi) is 4.89. The quantitative estimate of drug-likeness (QED) is 0.588. The SMILES string of the molecule is Cc1noc2nc(C3CC3)cc(C(=O)O[C@H](C)C(=O)Nc3ccc(Br)cc3)c12. The van der Waals surface area contributed by atoms with Crippen LogP contribution in [0, 0.1) is 6.92 Å². The molecule has 2 heterocycles. The summed E-state index contributed by atoms with van der Waals surface area (Å²) in [6, 6.07) is 8.87. The first-order chi connectivity index (χ1) is 13.4. The second kappa shape index (κ2) is 7.35. The van der Waals surface area contributed by atoms with Crippen LogP contribution in [0.15, 0.2) is 39.3 Å². The maximum Gasteiger partial charge on any atom is 0.339 e. The van der Waals surface area contributed by atoms with Gasteiger partial charge >= 0.3 is 5.97 Å². The molecule has 0 spiro atoms. The summed E-state index contributed by atoms with van der Waals surface area (Å²) < 4.78 is 11.6. The predicted octanol–water partition coefficient (Wildman–Crippen LogP) is 4.36. The number of amides is 1. The first-order valence-corrected chi connectivity index (χ1v) is 9.76. The fourth-order valence-electron chi connectivity index (χ4n) is 2.92. The third-order valence-corrected chi connectivity index (χ3v) is 5.15. The third-order valence-electron chi connectivity index (χ3n) is 4.62. The molecule has 144 valence electrons. The number of nitrogens with one attached hydrogen (secondary N) is 1. The summed E-state index contributed by atoms with van der Waals surface area (Å²) in [7, 11) is 0. The Morgan fingerprint density at radius 3 is 2.68 bits per heavy atom. The molecular formula is C20H18BrN3O4. The van der Waals surface area contributed by atoms with Gasteiger partial charge in [-0.25, -0.2) is 9.78 Å². The number of nitrogens with zero attached hydrogens (tertiary/aromatic N) is 2. The summed E-state index contributed by atoms with van der Waals surface area (Å²) >= 11 is 3.34. The number of rotatable bonds is 5. The third kappa shape index (κ3) is 3.77. The zero-order valence-electron chi connectivity index (χ0n) is 15.4. The van der Waals surface area contributed by atoms with Crippen molar-refractivity contribution in [1.29, 1.82) is 0 Å². The Morgan fingerprint density at radius 1 is 1.29 bits per heavy atom. The van der Waals surface area contributed by atoms with E-state index in [1.165, 1.54) is 6.92 Å². The summed E-state index contributed by atoms with van der Waals surface area (Å²) in [6.07, 6.45) is 1.10. The maximum atomic E-state index is 12.8. The Hall–Kier alpha value is -2.74. The molecule has 7 nitrogen and oxygen atoms in total. The van der Waals surface area contributed by atoms with E-state index in [2.05, 4.69) is 31.4 Å². The van der Waals surface area contributed by atoms with Gasteiger partial charge in [-0.15, -0.1) is 0 Å². The van der Waals surface area contributed by atoms with E-state index in [0.717, 1.165) is 23.0 Å². The van der Waals surface area contributed by atoms with Crippen LogP contribution in [0.1, 0.15) is 47.4 Å². The van der Waals surface area contributed by atoms with Crippen molar-refractivity contribution in [3.63, 3.8) is 0 Å². The number of ether oxygens (including phenoxy) is 1. The number of benzene rings is 1. The lowest BCUT2D eigenvalue weighted by Gasteiger charge is -2.14. The number of fused-ring (bicyclic) bond motifs is 1. The van der Waals surface area contributed by atoms with Crippen molar-refractivity contribution in [1.82, 2.24) is 10.1 Å². The Balaban J connectivity index is 1.53. The standard InChI is InChI=1S/C20H18BrN3O4/c1-10-17-15(9-16(12-3-4-12)23-19(17)28-24-10)20(26)27-11(2)18(25)22-14-7-5-13(21)6-8-14/h5-9,11-12H,3-4H2,1-2H3,(H,22,25)/t11-/m1/s1. The van der Waals surface area contributed by atoms with Gasteiger partial charge in [0.2, 0.25) is 0 Å². The molecule has 4 rings (SSSR count). The van der Waals surface area contributed by atoms with Crippen molar-refractivity contribution in [3.05, 3.63) is 51.8 Å². The highest BCUT2D eigenvalue weighted by Gasteiger charge is 2.30. The average molecular weight is 444 g/mol. The molecule has 0 saturated heterocycles. The van der Waals surface area contributed by atoms with E-state index < -0.39 is 18.0 Å². The fourth-order valence-corrected chi connectivity index (χ4v) is 3.18. The highest BCUT2D eigenvalue weighted by atomic mass is 79.9. The minimum absolute atomic E-state index is 0.320. The van der Waals surface area contributed by atoms with Crippen molar-refractivity contribution in [2.24, 2.45) is 0 Å². The maximum absolute atomic E-state index is 12.8. The summed E-state index contributed by atoms with van der Waals surface area (Å²) in [6.45, 7) is 3.28. The number of anilines is 1. The van der Waals surface area contributed by atoms with Gasteiger partial charge in [-0.3, -0.25) is 4.79 Å². The molecule has 0 unspecified atom stereocenters. The minimum Gasteiger partial charge on any atom is -0.449 e. The number of halogens is 1. The van der Waals surface area contributed by atoms with Gasteiger partial charge in [-0.1, -0.05) is 21.1 Å². The molecule has 3 aromatic rings. The Labute approximate surface area is 169 Å². The molecule has 1 N–H and O–H groups in total. The summed E-state index contributed by atoms with van der Waals surface area (Å²) in [4.78, 5) is 29.7. The minimum atomic E-state index is -0.969. The molecule has 8 heteroatoms. The molecule has 1 amide bonds. The van der Waals surface area contributed by atoms with Crippen LogP contribution in [0.4, 0.5) is 5.69 Å². The number of hydrogen-bond acceptors (Lipinski definition) is 6. The van der Waals surface area contributed by atoms with E-state index >= 15 is 0 Å². The number of carbonyl (C=O) groups excluding carboxylic acids is 2. The molecule has 2 aromatic heterocycles. The Morgan fingerprint density at radius 2 is 2.00 bits per heavy atom. The number of pyridine rings is 1. The number of aryl methyl sites for hydroxylation is 1. The molecule has 0 bridgehead atoms. The van der Waals surface area contributed by atoms with Crippen LogP contribution in [0.5, 0.6) is 0 Å². The lowest BCUT2D eigenvalue weighted by atomic mass is 10.1. The van der Waals surface area contributed by atoms with Gasteiger partial charge in [0, 0.05) is 21.8 Å². The lowest BCUT2D eigenvalue weighted by molar-refractivity contribution is -0.123. The van der Waals surface area contributed by atoms with E-state index in [9.17, 15) is 9.59 Å².